The van der Waals surface area contributed by atoms with Crippen molar-refractivity contribution in [2.45, 2.75) is 29.6 Å². The Morgan fingerprint density at radius 1 is 1.08 bits per heavy atom. The lowest BCUT2D eigenvalue weighted by molar-refractivity contribution is -0.0201. The minimum Gasteiger partial charge on any atom is -0.389 e. The van der Waals surface area contributed by atoms with Crippen LogP contribution >= 0.6 is 0 Å². The maximum atomic E-state index is 11.1. The molecule has 5 atom stereocenters. The summed E-state index contributed by atoms with van der Waals surface area (Å²) in [6.07, 6.45) is -3.49. The van der Waals surface area contributed by atoms with E-state index in [0.29, 0.717) is 0 Å². The lowest BCUT2D eigenvalue weighted by atomic mass is 10.2. The number of sulfone groups is 1. The van der Waals surface area contributed by atoms with Gasteiger partial charge >= 0.3 is 0 Å². The van der Waals surface area contributed by atoms with E-state index in [2.05, 4.69) is 0 Å². The summed E-state index contributed by atoms with van der Waals surface area (Å²) in [5.74, 6) is 0. The van der Waals surface area contributed by atoms with E-state index in [4.69, 9.17) is 10.8 Å². The van der Waals surface area contributed by atoms with Gasteiger partial charge in [-0.2, -0.15) is 0 Å². The van der Waals surface area contributed by atoms with Crippen LogP contribution in [0.5, 0.6) is 0 Å². The number of hydrogen-bond acceptors (Lipinski definition) is 6. The van der Waals surface area contributed by atoms with E-state index in [-0.39, 0.29) is 0 Å². The molecular formula is C6H13NO5S. The zero-order chi connectivity index (χ0) is 10.4. The Morgan fingerprint density at radius 2 is 1.54 bits per heavy atom. The number of nitrogens with two attached hydrogens (primary N) is 1. The topological polar surface area (TPSA) is 121 Å². The minimum absolute atomic E-state index is 0.908. The molecule has 0 aromatic heterocycles. The summed E-state index contributed by atoms with van der Waals surface area (Å²) in [4.78, 5) is 0. The Labute approximate surface area is 75.9 Å². The summed E-state index contributed by atoms with van der Waals surface area (Å²) in [6.45, 7) is 0. The number of aliphatic hydroxyl groups is 3. The first kappa shape index (κ1) is 10.9. The van der Waals surface area contributed by atoms with Crippen molar-refractivity contribution in [1.29, 1.82) is 0 Å². The first-order valence-corrected chi connectivity index (χ1v) is 5.71. The van der Waals surface area contributed by atoms with Gasteiger partial charge < -0.3 is 21.1 Å². The van der Waals surface area contributed by atoms with Gasteiger partial charge in [0.05, 0.1) is 12.1 Å². The first-order chi connectivity index (χ1) is 5.76. The van der Waals surface area contributed by atoms with Crippen LogP contribution in [0.1, 0.15) is 0 Å². The molecule has 1 aliphatic rings. The number of aliphatic hydroxyl groups excluding tert-OH is 3. The Morgan fingerprint density at radius 3 is 1.69 bits per heavy atom. The second kappa shape index (κ2) is 3.18. The van der Waals surface area contributed by atoms with Gasteiger partial charge in [-0.25, -0.2) is 8.42 Å². The van der Waals surface area contributed by atoms with Gasteiger partial charge in [-0.1, -0.05) is 0 Å². The van der Waals surface area contributed by atoms with Gasteiger partial charge in [-0.05, 0) is 0 Å². The molecule has 0 aromatic carbocycles. The van der Waals surface area contributed by atoms with Crippen LogP contribution in [0.4, 0.5) is 0 Å². The van der Waals surface area contributed by atoms with Crippen LogP contribution in [-0.2, 0) is 9.84 Å². The molecule has 1 fully saturated rings. The molecule has 5 N–H and O–H groups in total. The highest BCUT2D eigenvalue weighted by molar-refractivity contribution is 7.91. The summed E-state index contributed by atoms with van der Waals surface area (Å²) < 4.78 is 22.2. The fraction of sp³-hybridized carbons (Fsp3) is 1.00. The lowest BCUT2D eigenvalue weighted by Crippen LogP contribution is -2.45. The molecule has 1 rings (SSSR count). The quantitative estimate of drug-likeness (QED) is 0.363. The molecule has 0 radical (unpaired) electrons. The van der Waals surface area contributed by atoms with Crippen LogP contribution in [-0.4, -0.2) is 59.6 Å². The molecular weight excluding hydrogens is 198 g/mol. The second-order valence-electron chi connectivity index (χ2n) is 3.34. The Hall–Kier alpha value is -0.210. The Balaban J connectivity index is 3.01. The van der Waals surface area contributed by atoms with Gasteiger partial charge in [0.25, 0.3) is 0 Å². The van der Waals surface area contributed by atoms with Crippen LogP contribution in [0, 0.1) is 0 Å². The predicted molar refractivity (Wildman–Crippen MR) is 44.6 cm³/mol. The van der Waals surface area contributed by atoms with Crippen molar-refractivity contribution in [3.8, 4) is 0 Å². The van der Waals surface area contributed by atoms with E-state index in [9.17, 15) is 18.6 Å². The molecule has 6 nitrogen and oxygen atoms in total. The van der Waals surface area contributed by atoms with E-state index in [0.717, 1.165) is 6.26 Å². The van der Waals surface area contributed by atoms with Crippen LogP contribution in [0.25, 0.3) is 0 Å². The second-order valence-corrected chi connectivity index (χ2v) is 5.55. The fourth-order valence-electron chi connectivity index (χ4n) is 1.58. The van der Waals surface area contributed by atoms with E-state index in [1.807, 2.05) is 0 Å². The normalized spacial score (nSPS) is 46.7. The number of rotatable bonds is 1. The highest BCUT2D eigenvalue weighted by Gasteiger charge is 2.51. The summed E-state index contributed by atoms with van der Waals surface area (Å²) in [5.41, 5.74) is 5.34. The maximum Gasteiger partial charge on any atom is 0.154 e. The standard InChI is InChI=1S/C6H13NO5S/c1-13(11,12)6-2(7)3(8)4(9)5(6)10/h2-6,8-10H,7H2,1H3/t2-,3+,4-,5+,6-/m0/s1. The van der Waals surface area contributed by atoms with Crippen LogP contribution < -0.4 is 5.73 Å². The molecule has 13 heavy (non-hydrogen) atoms. The summed E-state index contributed by atoms with van der Waals surface area (Å²) in [5, 5.41) is 26.3. The summed E-state index contributed by atoms with van der Waals surface area (Å²) in [7, 11) is -3.56. The van der Waals surface area contributed by atoms with E-state index in [1.54, 1.807) is 0 Å². The monoisotopic (exact) mass is 211 g/mol. The van der Waals surface area contributed by atoms with Crippen molar-refractivity contribution in [3.63, 3.8) is 0 Å². The Kier molecular flexibility index (Phi) is 2.65. The molecule has 0 saturated heterocycles. The molecule has 1 saturated carbocycles. The van der Waals surface area contributed by atoms with Crippen molar-refractivity contribution < 1.29 is 23.7 Å². The highest BCUT2D eigenvalue weighted by Crippen LogP contribution is 2.25. The average molecular weight is 211 g/mol. The first-order valence-electron chi connectivity index (χ1n) is 3.75. The summed E-state index contributed by atoms with van der Waals surface area (Å²) in [6, 6.07) is -1.14. The van der Waals surface area contributed by atoms with Gasteiger partial charge in [0, 0.05) is 6.26 Å². The third kappa shape index (κ3) is 1.70. The lowest BCUT2D eigenvalue weighted by Gasteiger charge is -2.16. The van der Waals surface area contributed by atoms with Gasteiger partial charge in [0.15, 0.2) is 9.84 Å². The molecule has 0 aliphatic heterocycles. The van der Waals surface area contributed by atoms with Crippen molar-refractivity contribution in [1.82, 2.24) is 0 Å². The van der Waals surface area contributed by atoms with E-state index in [1.165, 1.54) is 0 Å². The molecule has 7 heteroatoms. The largest absolute Gasteiger partial charge is 0.389 e. The van der Waals surface area contributed by atoms with Crippen LogP contribution in [0.3, 0.4) is 0 Å². The third-order valence-corrected chi connectivity index (χ3v) is 3.89. The van der Waals surface area contributed by atoms with E-state index >= 15 is 0 Å². The minimum atomic E-state index is -3.56. The van der Waals surface area contributed by atoms with Crippen molar-refractivity contribution in [2.24, 2.45) is 5.73 Å². The van der Waals surface area contributed by atoms with E-state index < -0.39 is 39.4 Å². The highest BCUT2D eigenvalue weighted by atomic mass is 32.2. The molecule has 0 bridgehead atoms. The Bertz CT molecular complexity index is 275. The average Bonchev–Trinajstić information content (AvgIpc) is 2.14. The zero-order valence-corrected chi connectivity index (χ0v) is 7.85. The van der Waals surface area contributed by atoms with Gasteiger partial charge in [0.1, 0.15) is 17.5 Å². The zero-order valence-electron chi connectivity index (χ0n) is 7.03. The van der Waals surface area contributed by atoms with Gasteiger partial charge in [-0.3, -0.25) is 0 Å². The van der Waals surface area contributed by atoms with Crippen molar-refractivity contribution >= 4 is 9.84 Å². The maximum absolute atomic E-state index is 11.1. The van der Waals surface area contributed by atoms with Gasteiger partial charge in [0.2, 0.25) is 0 Å². The summed E-state index contributed by atoms with van der Waals surface area (Å²) >= 11 is 0. The number of hydrogen-bond donors (Lipinski definition) is 4. The fourth-order valence-corrected chi connectivity index (χ4v) is 2.98. The van der Waals surface area contributed by atoms with Crippen molar-refractivity contribution in [2.75, 3.05) is 6.26 Å². The third-order valence-electron chi connectivity index (χ3n) is 2.30. The molecule has 0 unspecified atom stereocenters. The van der Waals surface area contributed by atoms with Crippen molar-refractivity contribution in [3.05, 3.63) is 0 Å². The molecule has 0 spiro atoms. The molecule has 0 aromatic rings. The smallest absolute Gasteiger partial charge is 0.154 e. The van der Waals surface area contributed by atoms with Crippen LogP contribution in [0.2, 0.25) is 0 Å². The molecule has 0 amide bonds. The molecule has 1 aliphatic carbocycles. The van der Waals surface area contributed by atoms with Crippen LogP contribution in [0.15, 0.2) is 0 Å². The SMILES string of the molecule is CS(=O)(=O)[C@H]1[C@@H](N)[C@@H](O)[C@H](O)[C@H]1O. The molecule has 0 heterocycles. The predicted octanol–water partition coefficient (Wildman–Crippen LogP) is -3.18. The molecule has 78 valence electrons. The van der Waals surface area contributed by atoms with Gasteiger partial charge in [-0.15, -0.1) is 0 Å².